The van der Waals surface area contributed by atoms with Gasteiger partial charge in [0.2, 0.25) is 0 Å². The van der Waals surface area contributed by atoms with Gasteiger partial charge in [0.05, 0.1) is 31.2 Å². The summed E-state index contributed by atoms with van der Waals surface area (Å²) in [6, 6.07) is 4.55. The Morgan fingerprint density at radius 2 is 1.98 bits per heavy atom. The Hall–Kier alpha value is -2.06. The number of anilines is 1. The molecule has 0 bridgehead atoms. The number of aliphatic imine (C=N–C) groups is 1. The molecule has 7 nitrogen and oxygen atoms in total. The number of halogens is 1. The first-order chi connectivity index (χ1) is 19.4. The molecular weight excluding hydrogens is 754 g/mol. The number of nitriles is 1. The third-order valence-electron chi connectivity index (χ3n) is 7.40. The fourth-order valence-corrected chi connectivity index (χ4v) is 4.95. The maximum absolute atomic E-state index is 13.1. The van der Waals surface area contributed by atoms with Gasteiger partial charge in [-0.05, 0) is 82.7 Å². The molecule has 1 N–H and O–H groups in total. The first-order valence-electron chi connectivity index (χ1n) is 14.5. The van der Waals surface area contributed by atoms with E-state index in [-0.39, 0.29) is 47.9 Å². The number of hydrogen-bond donors (Lipinski definition) is 1. The van der Waals surface area contributed by atoms with Crippen LogP contribution in [0.4, 0.5) is 15.9 Å². The summed E-state index contributed by atoms with van der Waals surface area (Å²) in [5, 5.41) is 18.5. The van der Waals surface area contributed by atoms with Gasteiger partial charge in [-0.15, -0.1) is 0 Å². The molecule has 3 atom stereocenters. The summed E-state index contributed by atoms with van der Waals surface area (Å²) in [7, 11) is 6.41. The zero-order valence-corrected chi connectivity index (χ0v) is 30.7. The van der Waals surface area contributed by atoms with E-state index in [4.69, 9.17) is 13.1 Å². The van der Waals surface area contributed by atoms with Crippen molar-refractivity contribution in [2.75, 3.05) is 11.4 Å². The number of nitrogens with zero attached hydrogens (tertiary/aromatic N) is 5. The van der Waals surface area contributed by atoms with E-state index in [9.17, 15) is 14.3 Å². The van der Waals surface area contributed by atoms with Crippen molar-refractivity contribution in [3.8, 4) is 6.07 Å². The number of hydrogen-bond acceptors (Lipinski definition) is 6. The summed E-state index contributed by atoms with van der Waals surface area (Å²) in [4.78, 5) is 25.5. The van der Waals surface area contributed by atoms with Crippen LogP contribution in [0.2, 0.25) is 5.82 Å². The fourth-order valence-electron chi connectivity index (χ4n) is 4.95. The van der Waals surface area contributed by atoms with Crippen molar-refractivity contribution < 1.29 is 45.4 Å². The maximum atomic E-state index is 13.1. The molecule has 226 valence electrons. The van der Waals surface area contributed by atoms with E-state index in [1.165, 1.54) is 42.3 Å². The Kier molecular flexibility index (Phi) is 18.3. The van der Waals surface area contributed by atoms with Crippen LogP contribution < -0.4 is 4.90 Å². The summed E-state index contributed by atoms with van der Waals surface area (Å²) >= 11 is 0. The van der Waals surface area contributed by atoms with Crippen LogP contribution in [0.3, 0.4) is 0 Å². The number of carbonyl (C=O) groups excluding carboxylic acids is 1. The van der Waals surface area contributed by atoms with Crippen LogP contribution in [0.5, 0.6) is 0 Å². The minimum Gasteiger partial charge on any atom is -0.461 e. The molecule has 1 aromatic heterocycles. The molecule has 0 aliphatic heterocycles. The standard InChI is InChI=1S/C20H31BN3O2.C10H9FN2.C2H6.U/c1-5-6-9-20(4)10-15(7-8-16(20)21)13-24(14-25)18-12-22-17(11-23-18)19(2,3)26;1-3-13-10-5-9(11)8(6-12)4-7(10)2;1-2;/h11-12,15-16,26H,5-10,13H2,1-4H3;3-5H,1-2H3;1-2H3;/q-1;;;/t15?,16?,20-;;;/m1.../s1. The Morgan fingerprint density at radius 3 is 2.48 bits per heavy atom. The largest absolute Gasteiger partial charge is 0.461 e. The zero-order chi connectivity index (χ0) is 31.2. The van der Waals surface area contributed by atoms with E-state index in [1.54, 1.807) is 40.0 Å². The quantitative estimate of drug-likeness (QED) is 0.124. The van der Waals surface area contributed by atoms with Crippen LogP contribution in [-0.2, 0) is 10.4 Å². The van der Waals surface area contributed by atoms with Crippen molar-refractivity contribution in [3.05, 3.63) is 47.2 Å². The molecule has 1 saturated carbocycles. The predicted molar refractivity (Wildman–Crippen MR) is 166 cm³/mol. The molecule has 1 aliphatic rings. The smallest absolute Gasteiger partial charge is 0.143 e. The minimum absolute atomic E-state index is 0. The van der Waals surface area contributed by atoms with Crippen molar-refractivity contribution in [3.63, 3.8) is 0 Å². The Labute approximate surface area is 277 Å². The molecule has 42 heavy (non-hydrogen) atoms. The van der Waals surface area contributed by atoms with E-state index in [0.29, 0.717) is 29.7 Å². The Bertz CT molecular complexity index is 1170. The van der Waals surface area contributed by atoms with Crippen molar-refractivity contribution in [1.82, 2.24) is 9.97 Å². The van der Waals surface area contributed by atoms with Gasteiger partial charge in [-0.1, -0.05) is 52.8 Å². The van der Waals surface area contributed by atoms with Gasteiger partial charge in [-0.2, -0.15) is 5.26 Å². The SMILES string of the molecule is CC.CC=Nc1cc(F)c(C#N)cc1C.[B]C1CCC(CN([C-]=O)c2cnc(C(C)(C)O)cn2)C[C@@]1(C)CCCC.[U]. The van der Waals surface area contributed by atoms with Gasteiger partial charge in [0.15, 0.2) is 0 Å². The third kappa shape index (κ3) is 11.9. The van der Waals surface area contributed by atoms with Crippen molar-refractivity contribution >= 4 is 32.0 Å². The fraction of sp³-hybridized carbons (Fsp3) is 0.594. The van der Waals surface area contributed by atoms with Crippen LogP contribution in [0.25, 0.3) is 0 Å². The summed E-state index contributed by atoms with van der Waals surface area (Å²) in [6.45, 7) is 15.9. The molecule has 0 spiro atoms. The molecule has 2 unspecified atom stereocenters. The molecule has 3 rings (SSSR count). The molecule has 10 heteroatoms. The van der Waals surface area contributed by atoms with E-state index in [2.05, 4.69) is 28.8 Å². The average Bonchev–Trinajstić information content (AvgIpc) is 2.95. The van der Waals surface area contributed by atoms with Crippen molar-refractivity contribution in [2.24, 2.45) is 16.3 Å². The summed E-state index contributed by atoms with van der Waals surface area (Å²) in [5.41, 5.74) is 0.983. The van der Waals surface area contributed by atoms with Crippen LogP contribution in [0.15, 0.2) is 29.5 Å². The van der Waals surface area contributed by atoms with E-state index >= 15 is 0 Å². The third-order valence-corrected chi connectivity index (χ3v) is 7.40. The average molecular weight is 801 g/mol. The molecule has 2 radical (unpaired) electrons. The molecule has 2 aromatic rings. The van der Waals surface area contributed by atoms with Gasteiger partial charge in [0.1, 0.15) is 17.5 Å². The van der Waals surface area contributed by atoms with Crippen LogP contribution >= 0.6 is 0 Å². The van der Waals surface area contributed by atoms with Gasteiger partial charge in [0, 0.05) is 55.4 Å². The number of unbranched alkanes of at least 4 members (excludes halogenated alkanes) is 1. The first-order valence-corrected chi connectivity index (χ1v) is 14.5. The summed E-state index contributed by atoms with van der Waals surface area (Å²) < 4.78 is 13.1. The van der Waals surface area contributed by atoms with Gasteiger partial charge >= 0.3 is 0 Å². The number of aliphatic hydroxyl groups is 1. The second kappa shape index (κ2) is 19.3. The Morgan fingerprint density at radius 1 is 1.31 bits per heavy atom. The zero-order valence-electron chi connectivity index (χ0n) is 26.5. The van der Waals surface area contributed by atoms with Crippen LogP contribution in [0, 0.1) is 66.5 Å². The van der Waals surface area contributed by atoms with Gasteiger partial charge < -0.3 is 19.8 Å². The Balaban J connectivity index is 0.000000886. The van der Waals surface area contributed by atoms with E-state index < -0.39 is 11.4 Å². The minimum atomic E-state index is -1.05. The van der Waals surface area contributed by atoms with E-state index in [1.807, 2.05) is 20.3 Å². The molecular formula is C32H46BFN5O2U-. The number of rotatable bonds is 9. The van der Waals surface area contributed by atoms with Crippen LogP contribution in [-0.4, -0.2) is 42.1 Å². The second-order valence-corrected chi connectivity index (χ2v) is 11.1. The number of aryl methyl sites for hydroxylation is 1. The van der Waals surface area contributed by atoms with Crippen molar-refractivity contribution in [2.45, 2.75) is 105 Å². The molecule has 1 heterocycles. The first kappa shape index (κ1) is 39.9. The van der Waals surface area contributed by atoms with Crippen LogP contribution in [0.1, 0.15) is 104 Å². The monoisotopic (exact) mass is 800 g/mol. The number of aromatic nitrogens is 2. The van der Waals surface area contributed by atoms with Crippen molar-refractivity contribution in [1.29, 1.82) is 5.26 Å². The molecule has 1 aromatic carbocycles. The number of amides is 1. The molecule has 1 aliphatic carbocycles. The molecule has 1 fully saturated rings. The summed E-state index contributed by atoms with van der Waals surface area (Å²) in [5.74, 6) is 0.561. The predicted octanol–water partition coefficient (Wildman–Crippen LogP) is 7.29. The molecule has 0 saturated heterocycles. The van der Waals surface area contributed by atoms with Gasteiger partial charge in [-0.25, -0.2) is 4.39 Å². The van der Waals surface area contributed by atoms with Gasteiger partial charge in [0.25, 0.3) is 0 Å². The maximum Gasteiger partial charge on any atom is 0.143 e. The summed E-state index contributed by atoms with van der Waals surface area (Å²) in [6.07, 6.45) is 13.1. The normalized spacial score (nSPS) is 19.7. The number of benzene rings is 1. The second-order valence-electron chi connectivity index (χ2n) is 11.1. The topological polar surface area (TPSA) is 102 Å². The van der Waals surface area contributed by atoms with Gasteiger partial charge in [-0.3, -0.25) is 9.98 Å². The molecule has 1 amide bonds. The van der Waals surface area contributed by atoms with E-state index in [0.717, 1.165) is 31.2 Å².